The van der Waals surface area contributed by atoms with Crippen molar-refractivity contribution in [1.29, 1.82) is 0 Å². The number of carbonyl (C=O) groups is 2. The number of hydrogen-bond acceptors (Lipinski definition) is 7. The quantitative estimate of drug-likeness (QED) is 0.562. The molecule has 0 aromatic carbocycles. The largest absolute Gasteiger partial charge is 0.390 e. The fourth-order valence-corrected chi connectivity index (χ4v) is 2.69. The summed E-state index contributed by atoms with van der Waals surface area (Å²) < 4.78 is 0. The van der Waals surface area contributed by atoms with Crippen LogP contribution in [-0.4, -0.2) is 65.3 Å². The van der Waals surface area contributed by atoms with Crippen LogP contribution < -0.4 is 10.6 Å². The van der Waals surface area contributed by atoms with Gasteiger partial charge >= 0.3 is 0 Å². The van der Waals surface area contributed by atoms with Crippen LogP contribution in [0.15, 0.2) is 0 Å². The fraction of sp³-hybridized carbons (Fsp3) is 0.714. The summed E-state index contributed by atoms with van der Waals surface area (Å²) in [4.78, 5) is 25.2. The maximum Gasteiger partial charge on any atom is 0.226 e. The number of anilines is 1. The highest BCUT2D eigenvalue weighted by Gasteiger charge is 2.12. The lowest BCUT2D eigenvalue weighted by Crippen LogP contribution is -2.37. The second-order valence-corrected chi connectivity index (χ2v) is 6.58. The molecule has 1 unspecified atom stereocenters. The van der Waals surface area contributed by atoms with E-state index in [4.69, 9.17) is 0 Å². The SMILES string of the molecule is CCCc1nnc(NC(=O)CCC(=O)NCC(O)CN(C)C)s1. The number of aromatic nitrogens is 2. The second-order valence-electron chi connectivity index (χ2n) is 5.52. The Kier molecular flexibility index (Phi) is 8.67. The van der Waals surface area contributed by atoms with Crippen molar-refractivity contribution in [2.75, 3.05) is 32.5 Å². The minimum atomic E-state index is -0.624. The van der Waals surface area contributed by atoms with Crippen molar-refractivity contribution in [3.05, 3.63) is 5.01 Å². The molecule has 0 aliphatic carbocycles. The van der Waals surface area contributed by atoms with Crippen molar-refractivity contribution in [1.82, 2.24) is 20.4 Å². The summed E-state index contributed by atoms with van der Waals surface area (Å²) in [6.07, 6.45) is 1.33. The van der Waals surface area contributed by atoms with Gasteiger partial charge in [0, 0.05) is 32.4 Å². The van der Waals surface area contributed by atoms with Crippen molar-refractivity contribution < 1.29 is 14.7 Å². The van der Waals surface area contributed by atoms with E-state index in [2.05, 4.69) is 20.8 Å². The highest BCUT2D eigenvalue weighted by Crippen LogP contribution is 2.16. The third kappa shape index (κ3) is 8.58. The van der Waals surface area contributed by atoms with Crippen LogP contribution in [0.4, 0.5) is 5.13 Å². The molecular formula is C14H25N5O3S. The number of nitrogens with zero attached hydrogens (tertiary/aromatic N) is 3. The Morgan fingerprint density at radius 2 is 1.96 bits per heavy atom. The molecule has 0 bridgehead atoms. The van der Waals surface area contributed by atoms with E-state index in [1.807, 2.05) is 25.9 Å². The summed E-state index contributed by atoms with van der Waals surface area (Å²) in [5.41, 5.74) is 0. The summed E-state index contributed by atoms with van der Waals surface area (Å²) >= 11 is 1.35. The summed E-state index contributed by atoms with van der Waals surface area (Å²) in [5.74, 6) is -0.532. The summed E-state index contributed by atoms with van der Waals surface area (Å²) in [6, 6.07) is 0. The van der Waals surface area contributed by atoms with Crippen LogP contribution >= 0.6 is 11.3 Å². The minimum Gasteiger partial charge on any atom is -0.390 e. The molecule has 1 heterocycles. The minimum absolute atomic E-state index is 0.0678. The van der Waals surface area contributed by atoms with Gasteiger partial charge in [-0.15, -0.1) is 10.2 Å². The predicted molar refractivity (Wildman–Crippen MR) is 89.3 cm³/mol. The van der Waals surface area contributed by atoms with Gasteiger partial charge in [0.1, 0.15) is 5.01 Å². The highest BCUT2D eigenvalue weighted by molar-refractivity contribution is 7.15. The van der Waals surface area contributed by atoms with Crippen LogP contribution in [0.25, 0.3) is 0 Å². The van der Waals surface area contributed by atoms with Gasteiger partial charge < -0.3 is 20.6 Å². The first-order chi connectivity index (χ1) is 10.9. The molecule has 0 saturated heterocycles. The van der Waals surface area contributed by atoms with Crippen LogP contribution in [0.2, 0.25) is 0 Å². The van der Waals surface area contributed by atoms with E-state index in [0.29, 0.717) is 11.7 Å². The van der Waals surface area contributed by atoms with Crippen molar-refractivity contribution in [3.8, 4) is 0 Å². The molecule has 1 atom stereocenters. The van der Waals surface area contributed by atoms with E-state index in [1.165, 1.54) is 11.3 Å². The number of likely N-dealkylation sites (N-methyl/N-ethyl adjacent to an activating group) is 1. The molecule has 9 heteroatoms. The topological polar surface area (TPSA) is 107 Å². The molecule has 3 N–H and O–H groups in total. The third-order valence-corrected chi connectivity index (χ3v) is 3.77. The number of nitrogens with one attached hydrogen (secondary N) is 2. The molecule has 1 rings (SSSR count). The van der Waals surface area contributed by atoms with Gasteiger partial charge in [0.2, 0.25) is 16.9 Å². The lowest BCUT2D eigenvalue weighted by atomic mass is 10.2. The molecule has 0 spiro atoms. The van der Waals surface area contributed by atoms with E-state index in [9.17, 15) is 14.7 Å². The normalized spacial score (nSPS) is 12.2. The Morgan fingerprint density at radius 1 is 1.26 bits per heavy atom. The molecule has 2 amide bonds. The maximum atomic E-state index is 11.8. The van der Waals surface area contributed by atoms with Crippen LogP contribution in [0, 0.1) is 0 Å². The number of carbonyl (C=O) groups excluding carboxylic acids is 2. The Morgan fingerprint density at radius 3 is 2.61 bits per heavy atom. The monoisotopic (exact) mass is 343 g/mol. The number of hydrogen-bond donors (Lipinski definition) is 3. The smallest absolute Gasteiger partial charge is 0.226 e. The van der Waals surface area contributed by atoms with E-state index < -0.39 is 6.10 Å². The zero-order valence-corrected chi connectivity index (χ0v) is 14.7. The molecule has 0 fully saturated rings. The van der Waals surface area contributed by atoms with E-state index in [0.717, 1.165) is 17.8 Å². The molecule has 0 radical (unpaired) electrons. The van der Waals surface area contributed by atoms with Crippen molar-refractivity contribution >= 4 is 28.3 Å². The van der Waals surface area contributed by atoms with Gasteiger partial charge in [0.05, 0.1) is 6.10 Å². The van der Waals surface area contributed by atoms with Crippen LogP contribution in [-0.2, 0) is 16.0 Å². The number of amides is 2. The van der Waals surface area contributed by atoms with Gasteiger partial charge in [-0.1, -0.05) is 18.3 Å². The molecule has 0 aliphatic heterocycles. The van der Waals surface area contributed by atoms with Crippen molar-refractivity contribution in [2.45, 2.75) is 38.7 Å². The number of aryl methyl sites for hydroxylation is 1. The number of aliphatic hydroxyl groups is 1. The standard InChI is InChI=1S/C14H25N5O3S/c1-4-5-13-17-18-14(23-13)16-12(22)7-6-11(21)15-8-10(20)9-19(2)3/h10,20H,4-9H2,1-3H3,(H,15,21)(H,16,18,22). The first kappa shape index (κ1) is 19.5. The van der Waals surface area contributed by atoms with E-state index in [-0.39, 0.29) is 31.2 Å². The first-order valence-corrected chi connectivity index (χ1v) is 8.44. The molecule has 8 nitrogen and oxygen atoms in total. The van der Waals surface area contributed by atoms with Crippen molar-refractivity contribution in [3.63, 3.8) is 0 Å². The summed E-state index contributed by atoms with van der Waals surface area (Å²) in [5, 5.41) is 24.1. The lowest BCUT2D eigenvalue weighted by molar-refractivity contribution is -0.124. The Labute approximate surface area is 140 Å². The van der Waals surface area contributed by atoms with Crippen molar-refractivity contribution in [2.24, 2.45) is 0 Å². The van der Waals surface area contributed by atoms with Crippen LogP contribution in [0.1, 0.15) is 31.2 Å². The zero-order chi connectivity index (χ0) is 17.2. The molecule has 1 aromatic rings. The second kappa shape index (κ2) is 10.2. The van der Waals surface area contributed by atoms with E-state index >= 15 is 0 Å². The third-order valence-electron chi connectivity index (χ3n) is 2.87. The van der Waals surface area contributed by atoms with Gasteiger partial charge in [0.25, 0.3) is 0 Å². The average Bonchev–Trinajstić information content (AvgIpc) is 2.90. The summed E-state index contributed by atoms with van der Waals surface area (Å²) in [6.45, 7) is 2.70. The molecule has 130 valence electrons. The van der Waals surface area contributed by atoms with Crippen LogP contribution in [0.3, 0.4) is 0 Å². The van der Waals surface area contributed by atoms with E-state index in [1.54, 1.807) is 0 Å². The lowest BCUT2D eigenvalue weighted by Gasteiger charge is -2.16. The Hall–Kier alpha value is -1.58. The maximum absolute atomic E-state index is 11.8. The number of aliphatic hydroxyl groups excluding tert-OH is 1. The highest BCUT2D eigenvalue weighted by atomic mass is 32.1. The Balaban J connectivity index is 2.22. The fourth-order valence-electron chi connectivity index (χ4n) is 1.83. The van der Waals surface area contributed by atoms with Gasteiger partial charge in [-0.2, -0.15) is 0 Å². The van der Waals surface area contributed by atoms with Gasteiger partial charge in [-0.25, -0.2) is 0 Å². The molecule has 23 heavy (non-hydrogen) atoms. The molecular weight excluding hydrogens is 318 g/mol. The van der Waals surface area contributed by atoms with Crippen LogP contribution in [0.5, 0.6) is 0 Å². The van der Waals surface area contributed by atoms with Gasteiger partial charge in [-0.05, 0) is 20.5 Å². The first-order valence-electron chi connectivity index (χ1n) is 7.62. The van der Waals surface area contributed by atoms with Gasteiger partial charge in [0.15, 0.2) is 0 Å². The molecule has 0 saturated carbocycles. The zero-order valence-electron chi connectivity index (χ0n) is 13.8. The number of rotatable bonds is 10. The average molecular weight is 343 g/mol. The summed E-state index contributed by atoms with van der Waals surface area (Å²) in [7, 11) is 3.68. The molecule has 0 aliphatic rings. The molecule has 1 aromatic heterocycles. The Bertz CT molecular complexity index is 506. The predicted octanol–water partition coefficient (Wildman–Crippen LogP) is 0.248. The van der Waals surface area contributed by atoms with Gasteiger partial charge in [-0.3, -0.25) is 9.59 Å².